The van der Waals surface area contributed by atoms with E-state index in [0.29, 0.717) is 6.42 Å². The molecule has 3 unspecified atom stereocenters. The van der Waals surface area contributed by atoms with Gasteiger partial charge in [-0.3, -0.25) is 4.79 Å². The van der Waals surface area contributed by atoms with Gasteiger partial charge in [0, 0.05) is 5.92 Å². The number of aliphatic carboxylic acids is 1. The van der Waals surface area contributed by atoms with Crippen LogP contribution < -0.4 is 0 Å². The van der Waals surface area contributed by atoms with Gasteiger partial charge >= 0.3 is 5.97 Å². The van der Waals surface area contributed by atoms with Gasteiger partial charge in [-0.2, -0.15) is 0 Å². The van der Waals surface area contributed by atoms with Crippen LogP contribution in [0.15, 0.2) is 30.3 Å². The molecule has 2 rings (SSSR count). The topological polar surface area (TPSA) is 76.0 Å². The first-order valence-electron chi connectivity index (χ1n) is 7.48. The van der Waals surface area contributed by atoms with E-state index in [9.17, 15) is 15.0 Å². The zero-order valence-electron chi connectivity index (χ0n) is 13.3. The molecule has 0 spiro atoms. The highest BCUT2D eigenvalue weighted by molar-refractivity contribution is 5.75. The number of rotatable bonds is 5. The number of carboxylic acid groups (broad SMARTS) is 1. The average molecular weight is 308 g/mol. The number of benzene rings is 1. The molecule has 3 atom stereocenters. The predicted molar refractivity (Wildman–Crippen MR) is 81.4 cm³/mol. The molecule has 1 aliphatic rings. The number of carboxylic acids is 1. The van der Waals surface area contributed by atoms with Crippen molar-refractivity contribution in [2.45, 2.75) is 39.1 Å². The maximum absolute atomic E-state index is 12.0. The molecule has 5 nitrogen and oxygen atoms in total. The number of aliphatic hydroxyl groups excluding tert-OH is 1. The first-order chi connectivity index (χ1) is 10.3. The third-order valence-corrected chi connectivity index (χ3v) is 4.40. The lowest BCUT2D eigenvalue weighted by Gasteiger charge is -2.46. The van der Waals surface area contributed by atoms with Gasteiger partial charge in [0.1, 0.15) is 0 Å². The Bertz CT molecular complexity index is 513. The van der Waals surface area contributed by atoms with Gasteiger partial charge < -0.3 is 19.7 Å². The Hall–Kier alpha value is -1.43. The van der Waals surface area contributed by atoms with Crippen LogP contribution >= 0.6 is 0 Å². The Labute approximate surface area is 130 Å². The molecular formula is C17H24O5. The van der Waals surface area contributed by atoms with Gasteiger partial charge in [0.15, 0.2) is 5.79 Å². The SMILES string of the molecule is CC1(C)OCC(C(C)(Cc2ccccc2)C(=O)O)C(CO)O1. The minimum Gasteiger partial charge on any atom is -0.481 e. The highest BCUT2D eigenvalue weighted by atomic mass is 16.7. The summed E-state index contributed by atoms with van der Waals surface area (Å²) in [5, 5.41) is 19.4. The summed E-state index contributed by atoms with van der Waals surface area (Å²) in [7, 11) is 0. The summed E-state index contributed by atoms with van der Waals surface area (Å²) < 4.78 is 11.4. The van der Waals surface area contributed by atoms with Crippen LogP contribution in [0.1, 0.15) is 26.3 Å². The van der Waals surface area contributed by atoms with Crippen molar-refractivity contribution in [3.8, 4) is 0 Å². The van der Waals surface area contributed by atoms with Crippen LogP contribution in [0.4, 0.5) is 0 Å². The molecule has 1 aromatic rings. The monoisotopic (exact) mass is 308 g/mol. The van der Waals surface area contributed by atoms with Crippen molar-refractivity contribution in [2.24, 2.45) is 11.3 Å². The standard InChI is InChI=1S/C17H24O5/c1-16(2)21-11-13(14(10-18)22-16)17(3,15(19)20)9-12-7-5-4-6-8-12/h4-8,13-14,18H,9-11H2,1-3H3,(H,19,20). The van der Waals surface area contributed by atoms with Gasteiger partial charge in [-0.1, -0.05) is 30.3 Å². The second-order valence-corrected chi connectivity index (χ2v) is 6.54. The Morgan fingerprint density at radius 2 is 2.00 bits per heavy atom. The van der Waals surface area contributed by atoms with E-state index in [4.69, 9.17) is 9.47 Å². The van der Waals surface area contributed by atoms with Gasteiger partial charge in [-0.15, -0.1) is 0 Å². The summed E-state index contributed by atoms with van der Waals surface area (Å²) in [5.41, 5.74) is -0.139. The molecular weight excluding hydrogens is 284 g/mol. The molecule has 1 aromatic carbocycles. The number of carbonyl (C=O) groups is 1. The number of ether oxygens (including phenoxy) is 2. The fraction of sp³-hybridized carbons (Fsp3) is 0.588. The van der Waals surface area contributed by atoms with Gasteiger partial charge in [0.25, 0.3) is 0 Å². The van der Waals surface area contributed by atoms with Crippen LogP contribution in [0.5, 0.6) is 0 Å². The number of hydrogen-bond donors (Lipinski definition) is 2. The van der Waals surface area contributed by atoms with E-state index in [1.807, 2.05) is 30.3 Å². The quantitative estimate of drug-likeness (QED) is 0.871. The van der Waals surface area contributed by atoms with Crippen LogP contribution in [-0.4, -0.2) is 41.3 Å². The van der Waals surface area contributed by atoms with Gasteiger partial charge in [0.2, 0.25) is 0 Å². The highest BCUT2D eigenvalue weighted by Crippen LogP contribution is 2.40. The lowest BCUT2D eigenvalue weighted by molar-refractivity contribution is -0.310. The predicted octanol–water partition coefficient (Wildman–Crippen LogP) is 2.08. The van der Waals surface area contributed by atoms with Gasteiger partial charge in [-0.05, 0) is 32.8 Å². The maximum Gasteiger partial charge on any atom is 0.310 e. The van der Waals surface area contributed by atoms with Crippen LogP contribution in [0, 0.1) is 11.3 Å². The number of aliphatic hydroxyl groups is 1. The van der Waals surface area contributed by atoms with Crippen LogP contribution in [0.25, 0.3) is 0 Å². The van der Waals surface area contributed by atoms with Crippen LogP contribution in [0.2, 0.25) is 0 Å². The fourth-order valence-corrected chi connectivity index (χ4v) is 3.02. The first-order valence-corrected chi connectivity index (χ1v) is 7.48. The fourth-order valence-electron chi connectivity index (χ4n) is 3.02. The Balaban J connectivity index is 2.28. The smallest absolute Gasteiger partial charge is 0.310 e. The molecule has 0 aliphatic carbocycles. The molecule has 0 amide bonds. The Morgan fingerprint density at radius 1 is 1.36 bits per heavy atom. The van der Waals surface area contributed by atoms with E-state index >= 15 is 0 Å². The zero-order valence-corrected chi connectivity index (χ0v) is 13.3. The van der Waals surface area contributed by atoms with Crippen LogP contribution in [-0.2, 0) is 20.7 Å². The molecule has 122 valence electrons. The van der Waals surface area contributed by atoms with Crippen molar-refractivity contribution in [3.63, 3.8) is 0 Å². The molecule has 5 heteroatoms. The average Bonchev–Trinajstić information content (AvgIpc) is 2.46. The molecule has 0 bridgehead atoms. The van der Waals surface area contributed by atoms with Crippen molar-refractivity contribution in [1.29, 1.82) is 0 Å². The summed E-state index contributed by atoms with van der Waals surface area (Å²) in [6.07, 6.45) is -0.203. The molecule has 1 saturated heterocycles. The van der Waals surface area contributed by atoms with Gasteiger partial charge in [-0.25, -0.2) is 0 Å². The molecule has 1 fully saturated rings. The molecule has 22 heavy (non-hydrogen) atoms. The largest absolute Gasteiger partial charge is 0.481 e. The Morgan fingerprint density at radius 3 is 2.55 bits per heavy atom. The second-order valence-electron chi connectivity index (χ2n) is 6.54. The van der Waals surface area contributed by atoms with E-state index in [1.165, 1.54) is 0 Å². The molecule has 0 aromatic heterocycles. The summed E-state index contributed by atoms with van der Waals surface area (Å²) >= 11 is 0. The van der Waals surface area contributed by atoms with E-state index in [1.54, 1.807) is 20.8 Å². The highest BCUT2D eigenvalue weighted by Gasteiger charge is 2.50. The third-order valence-electron chi connectivity index (χ3n) is 4.40. The molecule has 1 aliphatic heterocycles. The van der Waals surface area contributed by atoms with Gasteiger partial charge in [0.05, 0.1) is 24.7 Å². The lowest BCUT2D eigenvalue weighted by atomic mass is 9.70. The van der Waals surface area contributed by atoms with Crippen molar-refractivity contribution in [3.05, 3.63) is 35.9 Å². The summed E-state index contributed by atoms with van der Waals surface area (Å²) in [4.78, 5) is 12.0. The van der Waals surface area contributed by atoms with Crippen molar-refractivity contribution < 1.29 is 24.5 Å². The van der Waals surface area contributed by atoms with Crippen LogP contribution in [0.3, 0.4) is 0 Å². The normalized spacial score (nSPS) is 27.1. The third kappa shape index (κ3) is 3.48. The molecule has 1 heterocycles. The second kappa shape index (κ2) is 6.36. The van der Waals surface area contributed by atoms with Crippen molar-refractivity contribution >= 4 is 5.97 Å². The van der Waals surface area contributed by atoms with Crippen molar-refractivity contribution in [1.82, 2.24) is 0 Å². The Kier molecular flexibility index (Phi) is 4.90. The maximum atomic E-state index is 12.0. The van der Waals surface area contributed by atoms with E-state index in [-0.39, 0.29) is 13.2 Å². The minimum atomic E-state index is -1.08. The first kappa shape index (κ1) is 16.9. The summed E-state index contributed by atoms with van der Waals surface area (Å²) in [6, 6.07) is 9.48. The zero-order chi connectivity index (χ0) is 16.4. The van der Waals surface area contributed by atoms with Crippen molar-refractivity contribution in [2.75, 3.05) is 13.2 Å². The molecule has 0 saturated carbocycles. The summed E-state index contributed by atoms with van der Waals surface area (Å²) in [5.74, 6) is -2.15. The molecule has 2 N–H and O–H groups in total. The summed E-state index contributed by atoms with van der Waals surface area (Å²) in [6.45, 7) is 5.24. The van der Waals surface area contributed by atoms with E-state index in [2.05, 4.69) is 0 Å². The van der Waals surface area contributed by atoms with E-state index < -0.39 is 29.2 Å². The van der Waals surface area contributed by atoms with E-state index in [0.717, 1.165) is 5.56 Å². The molecule has 0 radical (unpaired) electrons. The lowest BCUT2D eigenvalue weighted by Crippen LogP contribution is -2.55. The number of hydrogen-bond acceptors (Lipinski definition) is 4. The minimum absolute atomic E-state index is 0.227.